The molecule has 0 aliphatic carbocycles. The SMILES string of the molecule is COc1cc(C(=O)N[C@@H](C)C(=O)Nc2ccc(C)c(F)c2)cc(OC)c1OC. The number of hydrogen-bond acceptors (Lipinski definition) is 5. The number of aryl methyl sites for hydroxylation is 1. The summed E-state index contributed by atoms with van der Waals surface area (Å²) in [5.74, 6) is -0.417. The molecule has 0 aliphatic rings. The van der Waals surface area contributed by atoms with Crippen molar-refractivity contribution in [2.75, 3.05) is 26.6 Å². The molecule has 2 aromatic carbocycles. The van der Waals surface area contributed by atoms with Gasteiger partial charge in [0.1, 0.15) is 11.9 Å². The summed E-state index contributed by atoms with van der Waals surface area (Å²) < 4.78 is 29.3. The molecule has 150 valence electrons. The third-order valence-corrected chi connectivity index (χ3v) is 4.11. The summed E-state index contributed by atoms with van der Waals surface area (Å²) in [7, 11) is 4.34. The molecule has 7 nitrogen and oxygen atoms in total. The van der Waals surface area contributed by atoms with Crippen LogP contribution in [0.4, 0.5) is 10.1 Å². The Morgan fingerprint density at radius 3 is 2.11 bits per heavy atom. The first kappa shape index (κ1) is 21.0. The summed E-state index contributed by atoms with van der Waals surface area (Å²) in [6.07, 6.45) is 0. The Morgan fingerprint density at radius 1 is 1.00 bits per heavy atom. The van der Waals surface area contributed by atoms with Crippen LogP contribution in [0.1, 0.15) is 22.8 Å². The summed E-state index contributed by atoms with van der Waals surface area (Å²) in [5, 5.41) is 5.15. The van der Waals surface area contributed by atoms with Crippen molar-refractivity contribution in [2.45, 2.75) is 19.9 Å². The third-order valence-electron chi connectivity index (χ3n) is 4.11. The lowest BCUT2D eigenvalue weighted by molar-refractivity contribution is -0.117. The maximum Gasteiger partial charge on any atom is 0.252 e. The van der Waals surface area contributed by atoms with Crippen molar-refractivity contribution < 1.29 is 28.2 Å². The van der Waals surface area contributed by atoms with E-state index in [0.29, 0.717) is 28.5 Å². The molecule has 0 radical (unpaired) electrons. The largest absolute Gasteiger partial charge is 0.493 e. The second-order valence-corrected chi connectivity index (χ2v) is 6.06. The number of halogens is 1. The minimum atomic E-state index is -0.865. The monoisotopic (exact) mass is 390 g/mol. The van der Waals surface area contributed by atoms with Crippen LogP contribution in [0.3, 0.4) is 0 Å². The van der Waals surface area contributed by atoms with E-state index in [9.17, 15) is 14.0 Å². The molecule has 28 heavy (non-hydrogen) atoms. The average molecular weight is 390 g/mol. The quantitative estimate of drug-likeness (QED) is 0.759. The van der Waals surface area contributed by atoms with E-state index in [1.807, 2.05) is 0 Å². The van der Waals surface area contributed by atoms with Crippen molar-refractivity contribution in [3.8, 4) is 17.2 Å². The lowest BCUT2D eigenvalue weighted by Crippen LogP contribution is -2.41. The highest BCUT2D eigenvalue weighted by Crippen LogP contribution is 2.38. The molecule has 2 amide bonds. The highest BCUT2D eigenvalue weighted by Gasteiger charge is 2.21. The zero-order chi connectivity index (χ0) is 20.8. The number of hydrogen-bond donors (Lipinski definition) is 2. The van der Waals surface area contributed by atoms with Gasteiger partial charge in [-0.2, -0.15) is 0 Å². The Bertz CT molecular complexity index is 860. The summed E-state index contributed by atoms with van der Waals surface area (Å²) in [4.78, 5) is 24.8. The first-order valence-electron chi connectivity index (χ1n) is 8.48. The Kier molecular flexibility index (Phi) is 6.81. The first-order chi connectivity index (χ1) is 13.3. The third kappa shape index (κ3) is 4.70. The zero-order valence-electron chi connectivity index (χ0n) is 16.4. The molecule has 0 bridgehead atoms. The van der Waals surface area contributed by atoms with E-state index in [1.165, 1.54) is 46.5 Å². The lowest BCUT2D eigenvalue weighted by Gasteiger charge is -2.17. The first-order valence-corrected chi connectivity index (χ1v) is 8.48. The number of anilines is 1. The predicted molar refractivity (Wildman–Crippen MR) is 103 cm³/mol. The Morgan fingerprint density at radius 2 is 1.61 bits per heavy atom. The number of nitrogens with one attached hydrogen (secondary N) is 2. The van der Waals surface area contributed by atoms with Crippen LogP contribution >= 0.6 is 0 Å². The van der Waals surface area contributed by atoms with Crippen LogP contribution in [-0.2, 0) is 4.79 Å². The van der Waals surface area contributed by atoms with Gasteiger partial charge in [-0.25, -0.2) is 4.39 Å². The van der Waals surface area contributed by atoms with Gasteiger partial charge in [0.15, 0.2) is 11.5 Å². The van der Waals surface area contributed by atoms with E-state index >= 15 is 0 Å². The minimum absolute atomic E-state index is 0.232. The fourth-order valence-corrected chi connectivity index (χ4v) is 2.48. The molecule has 8 heteroatoms. The van der Waals surface area contributed by atoms with Gasteiger partial charge in [0.05, 0.1) is 21.3 Å². The maximum atomic E-state index is 13.6. The molecule has 0 heterocycles. The molecule has 2 aromatic rings. The second kappa shape index (κ2) is 9.07. The average Bonchev–Trinajstić information content (AvgIpc) is 2.69. The number of amides is 2. The second-order valence-electron chi connectivity index (χ2n) is 6.06. The van der Waals surface area contributed by atoms with Crippen LogP contribution in [0.2, 0.25) is 0 Å². The number of carbonyl (C=O) groups is 2. The molecule has 0 unspecified atom stereocenters. The number of rotatable bonds is 7. The van der Waals surface area contributed by atoms with Gasteiger partial charge in [-0.15, -0.1) is 0 Å². The highest BCUT2D eigenvalue weighted by molar-refractivity contribution is 6.01. The summed E-state index contributed by atoms with van der Waals surface area (Å²) in [6, 6.07) is 6.47. The summed E-state index contributed by atoms with van der Waals surface area (Å²) >= 11 is 0. The van der Waals surface area contributed by atoms with Gasteiger partial charge >= 0.3 is 0 Å². The molecule has 0 spiro atoms. The van der Waals surface area contributed by atoms with Crippen LogP contribution < -0.4 is 24.8 Å². The fourth-order valence-electron chi connectivity index (χ4n) is 2.48. The summed E-state index contributed by atoms with van der Waals surface area (Å²) in [5.41, 5.74) is 1.01. The van der Waals surface area contributed by atoms with Gasteiger partial charge in [-0.1, -0.05) is 6.07 Å². The van der Waals surface area contributed by atoms with Gasteiger partial charge in [0.25, 0.3) is 5.91 Å². The highest BCUT2D eigenvalue weighted by atomic mass is 19.1. The molecule has 0 aromatic heterocycles. The van der Waals surface area contributed by atoms with Gasteiger partial charge < -0.3 is 24.8 Å². The molecule has 2 rings (SSSR count). The van der Waals surface area contributed by atoms with Crippen molar-refractivity contribution in [2.24, 2.45) is 0 Å². The van der Waals surface area contributed by atoms with Crippen molar-refractivity contribution >= 4 is 17.5 Å². The van der Waals surface area contributed by atoms with Crippen LogP contribution in [0.5, 0.6) is 17.2 Å². The molecule has 0 fully saturated rings. The van der Waals surface area contributed by atoms with Crippen molar-refractivity contribution in [1.29, 1.82) is 0 Å². The van der Waals surface area contributed by atoms with Crippen molar-refractivity contribution in [3.63, 3.8) is 0 Å². The lowest BCUT2D eigenvalue weighted by atomic mass is 10.1. The number of ether oxygens (including phenoxy) is 3. The van der Waals surface area contributed by atoms with E-state index in [1.54, 1.807) is 19.1 Å². The van der Waals surface area contributed by atoms with Gasteiger partial charge in [0, 0.05) is 11.3 Å². The summed E-state index contributed by atoms with van der Waals surface area (Å²) in [6.45, 7) is 3.15. The molecule has 1 atom stereocenters. The molecule has 0 saturated carbocycles. The van der Waals surface area contributed by atoms with Crippen LogP contribution in [0.15, 0.2) is 30.3 Å². The molecular formula is C20H23FN2O5. The van der Waals surface area contributed by atoms with E-state index in [4.69, 9.17) is 14.2 Å². The van der Waals surface area contributed by atoms with Crippen molar-refractivity contribution in [1.82, 2.24) is 5.32 Å². The normalized spacial score (nSPS) is 11.4. The van der Waals surface area contributed by atoms with Gasteiger partial charge in [-0.05, 0) is 43.7 Å². The number of benzene rings is 2. The molecule has 2 N–H and O–H groups in total. The Hall–Kier alpha value is -3.29. The van der Waals surface area contributed by atoms with Crippen LogP contribution in [0, 0.1) is 12.7 Å². The Labute approximate surface area is 162 Å². The standard InChI is InChI=1S/C20H23FN2O5/c1-11-6-7-14(10-15(11)21)23-19(24)12(2)22-20(25)13-8-16(26-3)18(28-5)17(9-13)27-4/h6-10,12H,1-5H3,(H,22,25)(H,23,24)/t12-/m0/s1. The predicted octanol–water partition coefficient (Wildman–Crippen LogP) is 2.92. The van der Waals surface area contributed by atoms with Crippen LogP contribution in [0.25, 0.3) is 0 Å². The van der Waals surface area contributed by atoms with Crippen LogP contribution in [-0.4, -0.2) is 39.2 Å². The van der Waals surface area contributed by atoms with Gasteiger partial charge in [0.2, 0.25) is 11.7 Å². The van der Waals surface area contributed by atoms with Crippen molar-refractivity contribution in [3.05, 3.63) is 47.3 Å². The smallest absolute Gasteiger partial charge is 0.252 e. The van der Waals surface area contributed by atoms with E-state index in [2.05, 4.69) is 10.6 Å². The number of methoxy groups -OCH3 is 3. The zero-order valence-corrected chi connectivity index (χ0v) is 16.4. The Balaban J connectivity index is 2.12. The van der Waals surface area contributed by atoms with E-state index < -0.39 is 23.7 Å². The maximum absolute atomic E-state index is 13.6. The van der Waals surface area contributed by atoms with Gasteiger partial charge in [-0.3, -0.25) is 9.59 Å². The topological polar surface area (TPSA) is 85.9 Å². The number of carbonyl (C=O) groups excluding carboxylic acids is 2. The van der Waals surface area contributed by atoms with E-state index in [0.717, 1.165) is 0 Å². The minimum Gasteiger partial charge on any atom is -0.493 e. The van der Waals surface area contributed by atoms with E-state index in [-0.39, 0.29) is 5.56 Å². The molecule has 0 aliphatic heterocycles. The fraction of sp³-hybridized carbons (Fsp3) is 0.300. The molecule has 0 saturated heterocycles. The molecular weight excluding hydrogens is 367 g/mol.